The number of hydrogen-bond donors (Lipinski definition) is 3. The molecule has 0 aliphatic heterocycles. The third-order valence-electron chi connectivity index (χ3n) is 1.95. The molecule has 2 aromatic rings. The van der Waals surface area contributed by atoms with Crippen LogP contribution in [-0.4, -0.2) is 16.1 Å². The summed E-state index contributed by atoms with van der Waals surface area (Å²) >= 11 is 0. The Bertz CT molecular complexity index is 601. The lowest BCUT2D eigenvalue weighted by molar-refractivity contribution is -0.134. The number of halogens is 1. The maximum atomic E-state index is 9.00. The number of aromatic nitrogens is 1. The van der Waals surface area contributed by atoms with Crippen LogP contribution in [0.25, 0.3) is 0 Å². The number of nitrogen functional groups attached to an aromatic ring is 2. The van der Waals surface area contributed by atoms with Gasteiger partial charge in [-0.1, -0.05) is 18.2 Å². The molecule has 0 spiro atoms. The van der Waals surface area contributed by atoms with Gasteiger partial charge >= 0.3 is 0 Å². The average Bonchev–Trinajstić information content (AvgIpc) is 2.38. The van der Waals surface area contributed by atoms with E-state index in [1.54, 1.807) is 12.1 Å². The van der Waals surface area contributed by atoms with Crippen molar-refractivity contribution < 1.29 is 9.90 Å². The first-order chi connectivity index (χ1) is 9.49. The molecule has 0 saturated heterocycles. The van der Waals surface area contributed by atoms with Crippen LogP contribution in [0.5, 0.6) is 0 Å². The normalized spacial score (nSPS) is 9.38. The molecule has 0 amide bonds. The van der Waals surface area contributed by atoms with E-state index in [-0.39, 0.29) is 18.2 Å². The predicted octanol–water partition coefficient (Wildman–Crippen LogP) is 3.17. The number of carboxylic acid groups (broad SMARTS) is 1. The van der Waals surface area contributed by atoms with Crippen molar-refractivity contribution in [3.63, 3.8) is 0 Å². The summed E-state index contributed by atoms with van der Waals surface area (Å²) in [6, 6.07) is 12.7. The standard InChI is InChI=1S/C11H11N5.C2H4O2.ClH/c12-10-7-6-9(11(13)14-10)16-15-8-4-2-1-3-5-8;1-2(3)4;/h1-7H,(H4,12,13,14);1H3,(H,3,4);1H. The molecule has 0 aliphatic carbocycles. The largest absolute Gasteiger partial charge is 0.481 e. The van der Waals surface area contributed by atoms with Gasteiger partial charge in [0.15, 0.2) is 5.82 Å². The third kappa shape index (κ3) is 7.48. The summed E-state index contributed by atoms with van der Waals surface area (Å²) in [5.74, 6) is -0.184. The molecule has 5 N–H and O–H groups in total. The fraction of sp³-hybridized carbons (Fsp3) is 0.0769. The molecule has 1 heterocycles. The fourth-order valence-electron chi connectivity index (χ4n) is 1.17. The first-order valence-corrected chi connectivity index (χ1v) is 5.67. The minimum absolute atomic E-state index is 0. The Balaban J connectivity index is 0.000000715. The molecule has 0 bridgehead atoms. The molecule has 0 saturated carbocycles. The number of benzene rings is 1. The first kappa shape index (κ1) is 18.3. The smallest absolute Gasteiger partial charge is 0.300 e. The van der Waals surface area contributed by atoms with Gasteiger partial charge in [0, 0.05) is 6.92 Å². The summed E-state index contributed by atoms with van der Waals surface area (Å²) in [6.45, 7) is 1.08. The minimum atomic E-state index is -0.833. The Morgan fingerprint density at radius 3 is 2.19 bits per heavy atom. The van der Waals surface area contributed by atoms with Crippen LogP contribution in [0.4, 0.5) is 23.0 Å². The van der Waals surface area contributed by atoms with Gasteiger partial charge < -0.3 is 16.6 Å². The molecule has 0 unspecified atom stereocenters. The van der Waals surface area contributed by atoms with Gasteiger partial charge in [0.2, 0.25) is 0 Å². The highest BCUT2D eigenvalue weighted by Gasteiger charge is 1.98. The lowest BCUT2D eigenvalue weighted by atomic mass is 10.3. The van der Waals surface area contributed by atoms with Crippen molar-refractivity contribution in [2.24, 2.45) is 10.2 Å². The van der Waals surface area contributed by atoms with E-state index < -0.39 is 5.97 Å². The number of carbonyl (C=O) groups is 1. The van der Waals surface area contributed by atoms with Crippen molar-refractivity contribution in [1.82, 2.24) is 4.98 Å². The number of nitrogens with zero attached hydrogens (tertiary/aromatic N) is 3. The van der Waals surface area contributed by atoms with E-state index >= 15 is 0 Å². The van der Waals surface area contributed by atoms with Crippen LogP contribution in [-0.2, 0) is 4.79 Å². The van der Waals surface area contributed by atoms with Crippen molar-refractivity contribution >= 4 is 41.4 Å². The number of aliphatic carboxylic acids is 1. The van der Waals surface area contributed by atoms with E-state index in [9.17, 15) is 0 Å². The van der Waals surface area contributed by atoms with Gasteiger partial charge in [0.05, 0.1) is 5.69 Å². The number of anilines is 2. The maximum Gasteiger partial charge on any atom is 0.300 e. The summed E-state index contributed by atoms with van der Waals surface area (Å²) in [4.78, 5) is 12.9. The molecular weight excluding hydrogens is 294 g/mol. The van der Waals surface area contributed by atoms with Crippen LogP contribution >= 0.6 is 12.4 Å². The van der Waals surface area contributed by atoms with Crippen LogP contribution in [0.2, 0.25) is 0 Å². The molecule has 1 aromatic carbocycles. The van der Waals surface area contributed by atoms with Crippen LogP contribution in [0.15, 0.2) is 52.7 Å². The van der Waals surface area contributed by atoms with E-state index in [1.165, 1.54) is 0 Å². The average molecular weight is 310 g/mol. The Kier molecular flexibility index (Phi) is 8.09. The quantitative estimate of drug-likeness (QED) is 0.734. The monoisotopic (exact) mass is 309 g/mol. The number of pyridine rings is 1. The SMILES string of the molecule is CC(=O)O.Cl.Nc1ccc(N=Nc2ccccc2)c(N)n1. The highest BCUT2D eigenvalue weighted by molar-refractivity contribution is 5.85. The number of nitrogens with two attached hydrogens (primary N) is 2. The second kappa shape index (κ2) is 9.27. The molecule has 1 aromatic heterocycles. The zero-order valence-electron chi connectivity index (χ0n) is 11.3. The summed E-state index contributed by atoms with van der Waals surface area (Å²) < 4.78 is 0. The van der Waals surface area contributed by atoms with Crippen LogP contribution in [0, 0.1) is 0 Å². The highest BCUT2D eigenvalue weighted by atomic mass is 35.5. The van der Waals surface area contributed by atoms with Gasteiger partial charge in [-0.05, 0) is 24.3 Å². The van der Waals surface area contributed by atoms with Crippen LogP contribution in [0.3, 0.4) is 0 Å². The van der Waals surface area contributed by atoms with Crippen LogP contribution < -0.4 is 11.5 Å². The molecule has 112 valence electrons. The van der Waals surface area contributed by atoms with Crippen molar-refractivity contribution in [2.45, 2.75) is 6.92 Å². The lowest BCUT2D eigenvalue weighted by Crippen LogP contribution is -1.95. The molecule has 0 fully saturated rings. The van der Waals surface area contributed by atoms with Gasteiger partial charge in [-0.15, -0.1) is 17.5 Å². The highest BCUT2D eigenvalue weighted by Crippen LogP contribution is 2.23. The van der Waals surface area contributed by atoms with Crippen molar-refractivity contribution in [2.75, 3.05) is 11.5 Å². The van der Waals surface area contributed by atoms with Crippen molar-refractivity contribution in [1.29, 1.82) is 0 Å². The van der Waals surface area contributed by atoms with Gasteiger partial charge in [-0.3, -0.25) is 4.79 Å². The number of hydrogen-bond acceptors (Lipinski definition) is 6. The molecule has 7 nitrogen and oxygen atoms in total. The summed E-state index contributed by atoms with van der Waals surface area (Å²) in [5.41, 5.74) is 12.4. The van der Waals surface area contributed by atoms with E-state index in [0.717, 1.165) is 12.6 Å². The van der Waals surface area contributed by atoms with Gasteiger partial charge in [-0.2, -0.15) is 5.11 Å². The topological polar surface area (TPSA) is 127 Å². The summed E-state index contributed by atoms with van der Waals surface area (Å²) in [6.07, 6.45) is 0. The predicted molar refractivity (Wildman–Crippen MR) is 84.2 cm³/mol. The second-order valence-electron chi connectivity index (χ2n) is 3.70. The molecular formula is C13H16ClN5O2. The first-order valence-electron chi connectivity index (χ1n) is 5.67. The molecule has 21 heavy (non-hydrogen) atoms. The van der Waals surface area contributed by atoms with E-state index in [2.05, 4.69) is 15.2 Å². The maximum absolute atomic E-state index is 9.00. The minimum Gasteiger partial charge on any atom is -0.481 e. The van der Waals surface area contributed by atoms with E-state index in [4.69, 9.17) is 21.4 Å². The van der Waals surface area contributed by atoms with Crippen molar-refractivity contribution in [3.8, 4) is 0 Å². The molecule has 0 radical (unpaired) electrons. The van der Waals surface area contributed by atoms with Gasteiger partial charge in [0.1, 0.15) is 11.5 Å². The molecule has 0 atom stereocenters. The Morgan fingerprint density at radius 1 is 1.10 bits per heavy atom. The van der Waals surface area contributed by atoms with Crippen molar-refractivity contribution in [3.05, 3.63) is 42.5 Å². The summed E-state index contributed by atoms with van der Waals surface area (Å²) in [7, 11) is 0. The fourth-order valence-corrected chi connectivity index (χ4v) is 1.17. The van der Waals surface area contributed by atoms with E-state index in [0.29, 0.717) is 11.5 Å². The molecule has 0 aliphatic rings. The Labute approximate surface area is 128 Å². The number of azo groups is 1. The molecule has 8 heteroatoms. The number of carboxylic acids is 1. The van der Waals surface area contributed by atoms with Gasteiger partial charge in [-0.25, -0.2) is 4.98 Å². The zero-order chi connectivity index (χ0) is 15.0. The van der Waals surface area contributed by atoms with Crippen LogP contribution in [0.1, 0.15) is 6.92 Å². The lowest BCUT2D eigenvalue weighted by Gasteiger charge is -1.98. The number of rotatable bonds is 2. The summed E-state index contributed by atoms with van der Waals surface area (Å²) in [5, 5.41) is 15.4. The Hall–Kier alpha value is -2.67. The third-order valence-corrected chi connectivity index (χ3v) is 1.95. The van der Waals surface area contributed by atoms with Gasteiger partial charge in [0.25, 0.3) is 5.97 Å². The Morgan fingerprint density at radius 2 is 1.67 bits per heavy atom. The second-order valence-corrected chi connectivity index (χ2v) is 3.70. The molecule has 2 rings (SSSR count). The van der Waals surface area contributed by atoms with E-state index in [1.807, 2.05) is 30.3 Å². The zero-order valence-corrected chi connectivity index (χ0v) is 12.1.